The zero-order valence-electron chi connectivity index (χ0n) is 11.6. The van der Waals surface area contributed by atoms with E-state index in [0.717, 1.165) is 26.1 Å². The van der Waals surface area contributed by atoms with E-state index in [1.165, 1.54) is 0 Å². The second-order valence-corrected chi connectivity index (χ2v) is 5.24. The van der Waals surface area contributed by atoms with Crippen molar-refractivity contribution in [2.24, 2.45) is 5.73 Å². The minimum Gasteiger partial charge on any atom is -0.383 e. The highest BCUT2D eigenvalue weighted by molar-refractivity contribution is 4.94. The van der Waals surface area contributed by atoms with Gasteiger partial charge in [0.1, 0.15) is 6.10 Å². The van der Waals surface area contributed by atoms with Gasteiger partial charge in [-0.2, -0.15) is 4.98 Å². The molecule has 1 aliphatic heterocycles. The summed E-state index contributed by atoms with van der Waals surface area (Å²) in [6.07, 6.45) is 0.422. The van der Waals surface area contributed by atoms with Gasteiger partial charge in [-0.1, -0.05) is 5.16 Å². The molecule has 0 bridgehead atoms. The van der Waals surface area contributed by atoms with E-state index in [9.17, 15) is 5.11 Å². The molecule has 108 valence electrons. The molecule has 7 heteroatoms. The summed E-state index contributed by atoms with van der Waals surface area (Å²) in [4.78, 5) is 8.87. The zero-order valence-corrected chi connectivity index (χ0v) is 11.6. The largest absolute Gasteiger partial charge is 0.383 e. The van der Waals surface area contributed by atoms with Crippen molar-refractivity contribution < 1.29 is 9.63 Å². The summed E-state index contributed by atoms with van der Waals surface area (Å²) in [6, 6.07) is 0.385. The average Bonchev–Trinajstić information content (AvgIpc) is 2.83. The van der Waals surface area contributed by atoms with Gasteiger partial charge in [0.05, 0.1) is 0 Å². The van der Waals surface area contributed by atoms with E-state index in [1.54, 1.807) is 0 Å². The normalized spacial score (nSPS) is 23.7. The SMILES string of the molecule is CN1CCN(C)C(Cc2noc(C(O)CCN)n2)C1. The number of aromatic nitrogens is 2. The Kier molecular flexibility index (Phi) is 4.87. The van der Waals surface area contributed by atoms with Gasteiger partial charge in [0, 0.05) is 32.1 Å². The van der Waals surface area contributed by atoms with Gasteiger partial charge in [-0.25, -0.2) is 0 Å². The molecule has 1 fully saturated rings. The van der Waals surface area contributed by atoms with Crippen LogP contribution in [0.15, 0.2) is 4.52 Å². The van der Waals surface area contributed by atoms with Crippen LogP contribution in [0.3, 0.4) is 0 Å². The van der Waals surface area contributed by atoms with Gasteiger partial charge in [-0.3, -0.25) is 0 Å². The molecule has 1 aromatic heterocycles. The maximum absolute atomic E-state index is 9.74. The van der Waals surface area contributed by atoms with E-state index in [-0.39, 0.29) is 5.89 Å². The lowest BCUT2D eigenvalue weighted by Gasteiger charge is -2.37. The molecule has 0 saturated carbocycles. The quantitative estimate of drug-likeness (QED) is 0.726. The van der Waals surface area contributed by atoms with Crippen molar-refractivity contribution in [3.63, 3.8) is 0 Å². The summed E-state index contributed by atoms with van der Waals surface area (Å²) in [7, 11) is 4.23. The average molecular weight is 269 g/mol. The Morgan fingerprint density at radius 3 is 3.00 bits per heavy atom. The minimum absolute atomic E-state index is 0.271. The predicted molar refractivity (Wildman–Crippen MR) is 70.5 cm³/mol. The zero-order chi connectivity index (χ0) is 13.8. The first-order valence-corrected chi connectivity index (χ1v) is 6.69. The Bertz CT molecular complexity index is 397. The standard InChI is InChI=1S/C12H23N5O2/c1-16-5-6-17(2)9(8-16)7-11-14-12(19-15-11)10(18)3-4-13/h9-10,18H,3-8,13H2,1-2H3. The predicted octanol–water partition coefficient (Wildman–Crippen LogP) is -0.760. The van der Waals surface area contributed by atoms with Gasteiger partial charge in [0.2, 0.25) is 0 Å². The van der Waals surface area contributed by atoms with Crippen LogP contribution in [0.1, 0.15) is 24.2 Å². The van der Waals surface area contributed by atoms with Crippen LogP contribution in [0.5, 0.6) is 0 Å². The molecule has 0 spiro atoms. The van der Waals surface area contributed by atoms with E-state index in [0.29, 0.717) is 24.8 Å². The molecule has 19 heavy (non-hydrogen) atoms. The van der Waals surface area contributed by atoms with Crippen molar-refractivity contribution in [3.05, 3.63) is 11.7 Å². The lowest BCUT2D eigenvalue weighted by molar-refractivity contribution is 0.112. The van der Waals surface area contributed by atoms with Gasteiger partial charge < -0.3 is 25.2 Å². The first-order valence-electron chi connectivity index (χ1n) is 6.69. The molecule has 0 amide bonds. The molecule has 0 aromatic carbocycles. The monoisotopic (exact) mass is 269 g/mol. The third-order valence-electron chi connectivity index (χ3n) is 3.61. The van der Waals surface area contributed by atoms with Crippen molar-refractivity contribution in [2.75, 3.05) is 40.3 Å². The van der Waals surface area contributed by atoms with Crippen LogP contribution in [-0.2, 0) is 6.42 Å². The second kappa shape index (κ2) is 6.42. The third-order valence-corrected chi connectivity index (χ3v) is 3.61. The molecule has 3 N–H and O–H groups in total. The molecule has 2 unspecified atom stereocenters. The highest BCUT2D eigenvalue weighted by atomic mass is 16.5. The molecule has 1 saturated heterocycles. The fourth-order valence-corrected chi connectivity index (χ4v) is 2.30. The number of nitrogens with two attached hydrogens (primary N) is 1. The van der Waals surface area contributed by atoms with Crippen molar-refractivity contribution in [2.45, 2.75) is 25.0 Å². The van der Waals surface area contributed by atoms with Crippen molar-refractivity contribution >= 4 is 0 Å². The summed E-state index contributed by atoms with van der Waals surface area (Å²) in [5.74, 6) is 0.922. The van der Waals surface area contributed by atoms with Crippen LogP contribution in [0.2, 0.25) is 0 Å². The van der Waals surface area contributed by atoms with Gasteiger partial charge in [-0.15, -0.1) is 0 Å². The summed E-state index contributed by atoms with van der Waals surface area (Å²) in [6.45, 7) is 3.52. The van der Waals surface area contributed by atoms with E-state index in [2.05, 4.69) is 34.0 Å². The lowest BCUT2D eigenvalue weighted by Crippen LogP contribution is -2.50. The Labute approximate surface area is 113 Å². The fraction of sp³-hybridized carbons (Fsp3) is 0.833. The van der Waals surface area contributed by atoms with Gasteiger partial charge >= 0.3 is 0 Å². The smallest absolute Gasteiger partial charge is 0.255 e. The third kappa shape index (κ3) is 3.73. The number of hydrogen-bond acceptors (Lipinski definition) is 7. The van der Waals surface area contributed by atoms with Crippen LogP contribution in [0.25, 0.3) is 0 Å². The Hall–Kier alpha value is -1.02. The molecule has 2 rings (SSSR count). The number of aliphatic hydroxyl groups is 1. The van der Waals surface area contributed by atoms with Gasteiger partial charge in [0.15, 0.2) is 5.82 Å². The molecular weight excluding hydrogens is 246 g/mol. The molecule has 2 atom stereocenters. The fourth-order valence-electron chi connectivity index (χ4n) is 2.30. The van der Waals surface area contributed by atoms with E-state index in [4.69, 9.17) is 10.3 Å². The first kappa shape index (κ1) is 14.4. The topological polar surface area (TPSA) is 91.7 Å². The highest BCUT2D eigenvalue weighted by Gasteiger charge is 2.25. The second-order valence-electron chi connectivity index (χ2n) is 5.24. The van der Waals surface area contributed by atoms with E-state index >= 15 is 0 Å². The van der Waals surface area contributed by atoms with Crippen molar-refractivity contribution in [1.29, 1.82) is 0 Å². The summed E-state index contributed by atoms with van der Waals surface area (Å²) >= 11 is 0. The Morgan fingerprint density at radius 2 is 2.26 bits per heavy atom. The molecule has 1 aromatic rings. The number of aliphatic hydroxyl groups excluding tert-OH is 1. The van der Waals surface area contributed by atoms with Gasteiger partial charge in [0.25, 0.3) is 5.89 Å². The summed E-state index contributed by atoms with van der Waals surface area (Å²) in [5, 5.41) is 13.7. The Morgan fingerprint density at radius 1 is 1.47 bits per heavy atom. The molecule has 0 radical (unpaired) electrons. The molecule has 7 nitrogen and oxygen atoms in total. The van der Waals surface area contributed by atoms with Crippen LogP contribution >= 0.6 is 0 Å². The van der Waals surface area contributed by atoms with Crippen molar-refractivity contribution in [3.8, 4) is 0 Å². The maximum atomic E-state index is 9.74. The van der Waals surface area contributed by atoms with Crippen LogP contribution in [0.4, 0.5) is 0 Å². The Balaban J connectivity index is 1.95. The van der Waals surface area contributed by atoms with Crippen LogP contribution < -0.4 is 5.73 Å². The lowest BCUT2D eigenvalue weighted by atomic mass is 10.1. The number of likely N-dealkylation sites (N-methyl/N-ethyl adjacent to an activating group) is 2. The van der Waals surface area contributed by atoms with Crippen molar-refractivity contribution in [1.82, 2.24) is 19.9 Å². The molecular formula is C12H23N5O2. The molecule has 1 aliphatic rings. The van der Waals surface area contributed by atoms with E-state index < -0.39 is 6.10 Å². The first-order chi connectivity index (χ1) is 9.10. The summed E-state index contributed by atoms with van der Waals surface area (Å²) in [5.41, 5.74) is 5.39. The summed E-state index contributed by atoms with van der Waals surface area (Å²) < 4.78 is 5.08. The number of rotatable bonds is 5. The molecule has 2 heterocycles. The minimum atomic E-state index is -0.752. The molecule has 0 aliphatic carbocycles. The number of piperazine rings is 1. The van der Waals surface area contributed by atoms with E-state index in [1.807, 2.05) is 0 Å². The number of nitrogens with zero attached hydrogens (tertiary/aromatic N) is 4. The van der Waals surface area contributed by atoms with Gasteiger partial charge in [-0.05, 0) is 27.1 Å². The van der Waals surface area contributed by atoms with Crippen LogP contribution in [-0.4, -0.2) is 71.4 Å². The maximum Gasteiger partial charge on any atom is 0.255 e. The highest BCUT2D eigenvalue weighted by Crippen LogP contribution is 2.15. The number of hydrogen-bond donors (Lipinski definition) is 2. The van der Waals surface area contributed by atoms with Crippen LogP contribution in [0, 0.1) is 0 Å².